The molecule has 26 heteroatoms. The molecule has 4 amide bonds. The number of thiazole rings is 2. The summed E-state index contributed by atoms with van der Waals surface area (Å²) < 4.78 is 36.9. The van der Waals surface area contributed by atoms with Gasteiger partial charge in [0.1, 0.15) is 46.7 Å². The zero-order chi connectivity index (χ0) is 53.0. The van der Waals surface area contributed by atoms with Gasteiger partial charge >= 0.3 is 67.1 Å². The number of rotatable bonds is 13. The SMILES string of the molecule is CC(C)(C)OC(=O)CN(C(=O)OC(C)(C)C)C(C(=O)O)c1csc(NC(=O)OC(C)(C)C)n1.CCOC(=O)C(c1csc(NC(=O)OC(C)(C)C)n1)N(CC(=O)OC(C)(C)C)C(=O)OC(C)(C)C.[Li+].[OH-]. The Labute approximate surface area is 429 Å². The molecule has 0 saturated heterocycles. The number of carboxylic acid groups (broad SMARTS) is 1. The summed E-state index contributed by atoms with van der Waals surface area (Å²) >= 11 is 1.95. The van der Waals surface area contributed by atoms with Gasteiger partial charge in [-0.2, -0.15) is 0 Å². The largest absolute Gasteiger partial charge is 1.00 e. The molecule has 0 radical (unpaired) electrons. The number of carbonyl (C=O) groups excluding carboxylic acids is 7. The van der Waals surface area contributed by atoms with Gasteiger partial charge in [-0.05, 0) is 132 Å². The van der Waals surface area contributed by atoms with Gasteiger partial charge in [0, 0.05) is 10.8 Å². The van der Waals surface area contributed by atoms with Crippen LogP contribution in [0.3, 0.4) is 0 Å². The van der Waals surface area contributed by atoms with Gasteiger partial charge in [0.25, 0.3) is 0 Å². The standard InChI is InChI=1S/C23H37N3O8S.C21H33N3O8S.Li.H2O/c1-11-31-17(28)16(14-13-35-18(24-14)25-19(29)33-22(5,6)7)26(20(30)34-23(8,9)10)12-15(27)32-21(2,3)4;1-19(2,3)30-13(25)10-24(18(29)32-21(7,8)9)14(15(26)27)12-11-33-16(22-12)23-17(28)31-20(4,5)6;;/h13,16H,11-12H2,1-10H3,(H,24,25,29);11,14H,10H2,1-9H3,(H,26,27)(H,22,23,28);;1H2/q;;+1;/p-1. The van der Waals surface area contributed by atoms with Gasteiger partial charge in [-0.15, -0.1) is 22.7 Å². The van der Waals surface area contributed by atoms with Crippen LogP contribution in [0.4, 0.5) is 29.4 Å². The first-order chi connectivity index (χ1) is 30.6. The summed E-state index contributed by atoms with van der Waals surface area (Å²) in [5, 5.41) is 17.8. The molecule has 2 heterocycles. The Balaban J connectivity index is 0. The summed E-state index contributed by atoms with van der Waals surface area (Å²) in [4.78, 5) is 110. The third kappa shape index (κ3) is 27.2. The van der Waals surface area contributed by atoms with E-state index in [9.17, 15) is 43.5 Å². The predicted octanol–water partition coefficient (Wildman–Crippen LogP) is 5.69. The molecule has 2 unspecified atom stereocenters. The zero-order valence-electron chi connectivity index (χ0n) is 44.1. The Hall–Kier alpha value is -5.22. The van der Waals surface area contributed by atoms with Crippen molar-refractivity contribution in [3.8, 4) is 0 Å². The number of aromatic nitrogens is 2. The van der Waals surface area contributed by atoms with E-state index in [1.807, 2.05) is 0 Å². The number of carbonyl (C=O) groups is 8. The molecule has 2 rings (SSSR count). The fourth-order valence-corrected chi connectivity index (χ4v) is 6.39. The maximum Gasteiger partial charge on any atom is 1.00 e. The van der Waals surface area contributed by atoms with E-state index >= 15 is 0 Å². The van der Waals surface area contributed by atoms with E-state index in [1.54, 1.807) is 132 Å². The number of amides is 4. The molecule has 0 aliphatic heterocycles. The Kier molecular flexibility index (Phi) is 25.6. The minimum atomic E-state index is -1.67. The van der Waals surface area contributed by atoms with E-state index in [0.717, 1.165) is 32.5 Å². The average Bonchev–Trinajstić information content (AvgIpc) is 3.72. The van der Waals surface area contributed by atoms with Crippen LogP contribution >= 0.6 is 22.7 Å². The van der Waals surface area contributed by atoms with Crippen LogP contribution in [0.25, 0.3) is 0 Å². The van der Waals surface area contributed by atoms with Crippen LogP contribution in [0.5, 0.6) is 0 Å². The third-order valence-electron chi connectivity index (χ3n) is 6.88. The maximum atomic E-state index is 13.1. The van der Waals surface area contributed by atoms with Gasteiger partial charge in [-0.25, -0.2) is 38.7 Å². The van der Waals surface area contributed by atoms with Crippen LogP contribution in [0.1, 0.15) is 155 Å². The summed E-state index contributed by atoms with van der Waals surface area (Å²) in [6.07, 6.45) is -3.47. The molecule has 70 heavy (non-hydrogen) atoms. The quantitative estimate of drug-likeness (QED) is 0.123. The Bertz CT molecular complexity index is 2090. The monoisotopic (exact) mass is 1030 g/mol. The summed E-state index contributed by atoms with van der Waals surface area (Å²) in [7, 11) is 0. The molecule has 0 aliphatic carbocycles. The molecule has 0 spiro atoms. The normalized spacial score (nSPS) is 12.6. The van der Waals surface area contributed by atoms with Crippen molar-refractivity contribution in [2.24, 2.45) is 0 Å². The zero-order valence-corrected chi connectivity index (χ0v) is 45.7. The van der Waals surface area contributed by atoms with Crippen molar-refractivity contribution < 1.29 is 101 Å². The van der Waals surface area contributed by atoms with Crippen molar-refractivity contribution in [2.45, 2.75) is 177 Å². The predicted molar refractivity (Wildman–Crippen MR) is 253 cm³/mol. The minimum absolute atomic E-state index is 0. The number of anilines is 2. The molecule has 0 fully saturated rings. The van der Waals surface area contributed by atoms with Crippen molar-refractivity contribution in [3.63, 3.8) is 0 Å². The molecule has 0 aliphatic rings. The second-order valence-corrected chi connectivity index (χ2v) is 22.4. The summed E-state index contributed by atoms with van der Waals surface area (Å²) in [6, 6.07) is -3.10. The fraction of sp³-hybridized carbons (Fsp3) is 0.682. The molecule has 2 aromatic rings. The third-order valence-corrected chi connectivity index (χ3v) is 8.43. The van der Waals surface area contributed by atoms with Gasteiger partial charge in [0.05, 0.1) is 18.0 Å². The van der Waals surface area contributed by atoms with Crippen LogP contribution in [0.15, 0.2) is 10.8 Å². The first kappa shape index (κ1) is 66.9. The minimum Gasteiger partial charge on any atom is -0.870 e. The van der Waals surface area contributed by atoms with Crippen LogP contribution in [0, 0.1) is 0 Å². The van der Waals surface area contributed by atoms with Crippen molar-refractivity contribution in [2.75, 3.05) is 30.3 Å². The molecule has 2 aromatic heterocycles. The van der Waals surface area contributed by atoms with Crippen LogP contribution in [-0.4, -0.2) is 132 Å². The number of aliphatic carboxylic acids is 1. The van der Waals surface area contributed by atoms with Crippen molar-refractivity contribution in [1.82, 2.24) is 19.8 Å². The number of ether oxygens (including phenoxy) is 7. The molecule has 4 N–H and O–H groups in total. The second-order valence-electron chi connectivity index (χ2n) is 20.7. The second kappa shape index (κ2) is 26.8. The Morgan fingerprint density at radius 3 is 1.13 bits per heavy atom. The number of hydrogen-bond donors (Lipinski definition) is 3. The number of nitrogens with zero attached hydrogens (tertiary/aromatic N) is 4. The van der Waals surface area contributed by atoms with E-state index in [2.05, 4.69) is 20.6 Å². The number of nitrogens with one attached hydrogen (secondary N) is 2. The average molecular weight is 1030 g/mol. The van der Waals surface area contributed by atoms with E-state index in [1.165, 1.54) is 10.8 Å². The maximum absolute atomic E-state index is 13.1. The van der Waals surface area contributed by atoms with Gasteiger partial charge in [-0.1, -0.05) is 0 Å². The van der Waals surface area contributed by atoms with Crippen LogP contribution in [-0.2, 0) is 52.3 Å². The van der Waals surface area contributed by atoms with Crippen molar-refractivity contribution >= 4 is 81.2 Å². The van der Waals surface area contributed by atoms with Crippen LogP contribution < -0.4 is 29.5 Å². The van der Waals surface area contributed by atoms with E-state index in [0.29, 0.717) is 0 Å². The molecule has 23 nitrogen and oxygen atoms in total. The first-order valence-electron chi connectivity index (χ1n) is 21.3. The molecule has 0 saturated carbocycles. The molecular weight excluding hydrogens is 956 g/mol. The summed E-state index contributed by atoms with van der Waals surface area (Å²) in [5.74, 6) is -3.84. The fourth-order valence-electron chi connectivity index (χ4n) is 4.96. The van der Waals surface area contributed by atoms with Gasteiger partial charge in [-0.3, -0.25) is 30.0 Å². The van der Waals surface area contributed by atoms with E-state index in [-0.39, 0.29) is 52.6 Å². The molecule has 0 bridgehead atoms. The van der Waals surface area contributed by atoms with Gasteiger partial charge < -0.3 is 43.7 Å². The van der Waals surface area contributed by atoms with Crippen molar-refractivity contribution in [1.29, 1.82) is 0 Å². The molecule has 392 valence electrons. The number of carboxylic acids is 1. The molecular formula is C44H71LiN6O17S2. The van der Waals surface area contributed by atoms with Gasteiger partial charge in [0.2, 0.25) is 0 Å². The van der Waals surface area contributed by atoms with Gasteiger partial charge in [0.15, 0.2) is 22.3 Å². The number of hydrogen-bond acceptors (Lipinski definition) is 20. The molecule has 2 atom stereocenters. The van der Waals surface area contributed by atoms with Crippen LogP contribution in [0.2, 0.25) is 0 Å². The number of esters is 3. The topological polar surface area (TPSA) is 308 Å². The summed E-state index contributed by atoms with van der Waals surface area (Å²) in [6.45, 7) is 30.3. The molecule has 0 aromatic carbocycles. The summed E-state index contributed by atoms with van der Waals surface area (Å²) in [5.41, 5.74) is -4.98. The van der Waals surface area contributed by atoms with E-state index < -0.39 is 107 Å². The van der Waals surface area contributed by atoms with Crippen molar-refractivity contribution in [3.05, 3.63) is 22.1 Å². The first-order valence-corrected chi connectivity index (χ1v) is 23.1. The Morgan fingerprint density at radius 2 is 0.843 bits per heavy atom. The Morgan fingerprint density at radius 1 is 0.543 bits per heavy atom. The van der Waals surface area contributed by atoms with E-state index in [4.69, 9.17) is 33.2 Å². The smallest absolute Gasteiger partial charge is 0.870 e.